The first kappa shape index (κ1) is 17.1. The van der Waals surface area contributed by atoms with Gasteiger partial charge in [0, 0.05) is 11.6 Å². The number of phenols is 2. The third kappa shape index (κ3) is 4.63. The Balaban J connectivity index is 1.62. The maximum Gasteiger partial charge on any atom is 0.251 e. The highest BCUT2D eigenvalue weighted by Gasteiger charge is 2.16. The van der Waals surface area contributed by atoms with E-state index in [4.69, 9.17) is 0 Å². The van der Waals surface area contributed by atoms with Crippen molar-refractivity contribution in [2.24, 2.45) is 0 Å². The molecule has 1 aliphatic rings. The van der Waals surface area contributed by atoms with Crippen LogP contribution < -0.4 is 5.32 Å². The average molecular weight is 337 g/mol. The standard InChI is InChI=1S/C21H23NO3/c23-19-13-10-16(14-20(19)24)7-6-15-8-11-17(12-9-15)21(25)22-18-4-2-1-3-5-18/h6-14,18,23-24H,1-5H2,(H,22,25)/b7-6+. The second-order valence-electron chi connectivity index (χ2n) is 6.51. The lowest BCUT2D eigenvalue weighted by molar-refractivity contribution is 0.0927. The summed E-state index contributed by atoms with van der Waals surface area (Å²) < 4.78 is 0. The Morgan fingerprint density at radius 2 is 1.52 bits per heavy atom. The van der Waals surface area contributed by atoms with E-state index in [0.717, 1.165) is 24.0 Å². The number of carbonyl (C=O) groups is 1. The monoisotopic (exact) mass is 337 g/mol. The minimum Gasteiger partial charge on any atom is -0.504 e. The van der Waals surface area contributed by atoms with Crippen molar-refractivity contribution in [2.45, 2.75) is 38.1 Å². The van der Waals surface area contributed by atoms with Crippen LogP contribution in [-0.4, -0.2) is 22.2 Å². The second-order valence-corrected chi connectivity index (χ2v) is 6.51. The molecule has 0 saturated heterocycles. The summed E-state index contributed by atoms with van der Waals surface area (Å²) in [4.78, 5) is 12.3. The molecule has 0 bridgehead atoms. The summed E-state index contributed by atoms with van der Waals surface area (Å²) in [5.74, 6) is -0.284. The molecule has 1 fully saturated rings. The van der Waals surface area contributed by atoms with Crippen molar-refractivity contribution >= 4 is 18.1 Å². The molecule has 4 nitrogen and oxygen atoms in total. The van der Waals surface area contributed by atoms with Gasteiger partial charge >= 0.3 is 0 Å². The predicted molar refractivity (Wildman–Crippen MR) is 99.5 cm³/mol. The molecule has 1 saturated carbocycles. The van der Waals surface area contributed by atoms with Crippen LogP contribution in [0.25, 0.3) is 12.2 Å². The summed E-state index contributed by atoms with van der Waals surface area (Å²) in [5.41, 5.74) is 2.42. The number of nitrogens with one attached hydrogen (secondary N) is 1. The van der Waals surface area contributed by atoms with Crippen molar-refractivity contribution < 1.29 is 15.0 Å². The van der Waals surface area contributed by atoms with Gasteiger partial charge in [0.15, 0.2) is 11.5 Å². The van der Waals surface area contributed by atoms with E-state index in [-0.39, 0.29) is 17.4 Å². The summed E-state index contributed by atoms with van der Waals surface area (Å²) in [6, 6.07) is 12.4. The molecular weight excluding hydrogens is 314 g/mol. The number of hydrogen-bond acceptors (Lipinski definition) is 3. The molecule has 4 heteroatoms. The Morgan fingerprint density at radius 1 is 0.880 bits per heavy atom. The number of hydrogen-bond donors (Lipinski definition) is 3. The topological polar surface area (TPSA) is 69.6 Å². The minimum atomic E-state index is -0.142. The highest BCUT2D eigenvalue weighted by atomic mass is 16.3. The lowest BCUT2D eigenvalue weighted by Gasteiger charge is -2.22. The Kier molecular flexibility index (Phi) is 5.39. The number of aromatic hydroxyl groups is 2. The Morgan fingerprint density at radius 3 is 2.20 bits per heavy atom. The number of carbonyl (C=O) groups excluding carboxylic acids is 1. The molecule has 25 heavy (non-hydrogen) atoms. The summed E-state index contributed by atoms with van der Waals surface area (Å²) in [6.45, 7) is 0. The Labute approximate surface area is 147 Å². The first-order valence-corrected chi connectivity index (χ1v) is 8.73. The van der Waals surface area contributed by atoms with E-state index in [1.54, 1.807) is 6.07 Å². The number of amides is 1. The van der Waals surface area contributed by atoms with E-state index in [1.807, 2.05) is 36.4 Å². The third-order valence-corrected chi connectivity index (χ3v) is 4.58. The van der Waals surface area contributed by atoms with Crippen LogP contribution in [0.15, 0.2) is 42.5 Å². The maximum atomic E-state index is 12.3. The normalized spacial score (nSPS) is 15.4. The van der Waals surface area contributed by atoms with Gasteiger partial charge in [-0.2, -0.15) is 0 Å². The molecule has 3 N–H and O–H groups in total. The van der Waals surface area contributed by atoms with Crippen molar-refractivity contribution in [2.75, 3.05) is 0 Å². The minimum absolute atomic E-state index is 0.00844. The smallest absolute Gasteiger partial charge is 0.251 e. The highest BCUT2D eigenvalue weighted by Crippen LogP contribution is 2.25. The quantitative estimate of drug-likeness (QED) is 0.574. The zero-order valence-corrected chi connectivity index (χ0v) is 14.1. The summed E-state index contributed by atoms with van der Waals surface area (Å²) in [6.07, 6.45) is 9.55. The van der Waals surface area contributed by atoms with Crippen LogP contribution in [0.5, 0.6) is 11.5 Å². The van der Waals surface area contributed by atoms with Crippen molar-refractivity contribution in [3.63, 3.8) is 0 Å². The van der Waals surface area contributed by atoms with Crippen molar-refractivity contribution in [1.29, 1.82) is 0 Å². The van der Waals surface area contributed by atoms with Gasteiger partial charge in [0.05, 0.1) is 0 Å². The molecule has 2 aromatic carbocycles. The molecule has 0 unspecified atom stereocenters. The van der Waals surface area contributed by atoms with E-state index in [0.29, 0.717) is 11.6 Å². The fourth-order valence-electron chi connectivity index (χ4n) is 3.10. The van der Waals surface area contributed by atoms with Crippen molar-refractivity contribution in [3.05, 3.63) is 59.2 Å². The molecule has 0 heterocycles. The number of rotatable bonds is 4. The molecule has 0 radical (unpaired) electrons. The maximum absolute atomic E-state index is 12.3. The molecule has 3 rings (SSSR count). The Hall–Kier alpha value is -2.75. The first-order chi connectivity index (χ1) is 12.1. The van der Waals surface area contributed by atoms with Crippen LogP contribution in [0, 0.1) is 0 Å². The average Bonchev–Trinajstić information content (AvgIpc) is 2.64. The molecular formula is C21H23NO3. The van der Waals surface area contributed by atoms with E-state index in [2.05, 4.69) is 5.32 Å². The number of phenolic OH excluding ortho intramolecular Hbond substituents is 2. The predicted octanol–water partition coefficient (Wildman–Crippen LogP) is 4.33. The molecule has 130 valence electrons. The molecule has 2 aromatic rings. The van der Waals surface area contributed by atoms with Gasteiger partial charge in [-0.05, 0) is 48.2 Å². The van der Waals surface area contributed by atoms with Gasteiger partial charge in [-0.1, -0.05) is 49.6 Å². The van der Waals surface area contributed by atoms with Crippen molar-refractivity contribution in [1.82, 2.24) is 5.32 Å². The van der Waals surface area contributed by atoms with Crippen LogP contribution >= 0.6 is 0 Å². The van der Waals surface area contributed by atoms with E-state index in [9.17, 15) is 15.0 Å². The first-order valence-electron chi connectivity index (χ1n) is 8.73. The molecule has 1 amide bonds. The third-order valence-electron chi connectivity index (χ3n) is 4.58. The highest BCUT2D eigenvalue weighted by molar-refractivity contribution is 5.94. The largest absolute Gasteiger partial charge is 0.504 e. The lowest BCUT2D eigenvalue weighted by Crippen LogP contribution is -2.36. The fourth-order valence-corrected chi connectivity index (χ4v) is 3.10. The van der Waals surface area contributed by atoms with Gasteiger partial charge in [0.25, 0.3) is 5.91 Å². The van der Waals surface area contributed by atoms with Gasteiger partial charge in [-0.25, -0.2) is 0 Å². The molecule has 1 aliphatic carbocycles. The summed E-state index contributed by atoms with van der Waals surface area (Å²) >= 11 is 0. The van der Waals surface area contributed by atoms with E-state index >= 15 is 0 Å². The van der Waals surface area contributed by atoms with Gasteiger partial charge in [0.1, 0.15) is 0 Å². The van der Waals surface area contributed by atoms with Crippen LogP contribution in [0.3, 0.4) is 0 Å². The molecule has 0 spiro atoms. The van der Waals surface area contributed by atoms with Gasteiger partial charge < -0.3 is 15.5 Å². The van der Waals surface area contributed by atoms with Gasteiger partial charge in [0.2, 0.25) is 0 Å². The summed E-state index contributed by atoms with van der Waals surface area (Å²) in [5, 5.41) is 21.9. The molecule has 0 aliphatic heterocycles. The summed E-state index contributed by atoms with van der Waals surface area (Å²) in [7, 11) is 0. The van der Waals surface area contributed by atoms with Crippen molar-refractivity contribution in [3.8, 4) is 11.5 Å². The van der Waals surface area contributed by atoms with Gasteiger partial charge in [-0.3, -0.25) is 4.79 Å². The van der Waals surface area contributed by atoms with Crippen LogP contribution in [0.4, 0.5) is 0 Å². The Bertz CT molecular complexity index is 759. The van der Waals surface area contributed by atoms with Crippen LogP contribution in [0.1, 0.15) is 53.6 Å². The zero-order valence-electron chi connectivity index (χ0n) is 14.1. The fraction of sp³-hybridized carbons (Fsp3) is 0.286. The van der Waals surface area contributed by atoms with Crippen LogP contribution in [-0.2, 0) is 0 Å². The lowest BCUT2D eigenvalue weighted by atomic mass is 9.95. The second kappa shape index (κ2) is 7.88. The zero-order chi connectivity index (χ0) is 17.6. The molecule has 0 aromatic heterocycles. The SMILES string of the molecule is O=C(NC1CCCCC1)c1ccc(/C=C/c2ccc(O)c(O)c2)cc1. The van der Waals surface area contributed by atoms with Gasteiger partial charge in [-0.15, -0.1) is 0 Å². The van der Waals surface area contributed by atoms with E-state index < -0.39 is 0 Å². The van der Waals surface area contributed by atoms with E-state index in [1.165, 1.54) is 31.4 Å². The molecule has 0 atom stereocenters. The van der Waals surface area contributed by atoms with Crippen LogP contribution in [0.2, 0.25) is 0 Å². The number of benzene rings is 2.